The molecule has 0 aromatic heterocycles. The Labute approximate surface area is 78.7 Å². The van der Waals surface area contributed by atoms with Gasteiger partial charge in [-0.15, -0.1) is 0 Å². The summed E-state index contributed by atoms with van der Waals surface area (Å²) >= 11 is 0. The van der Waals surface area contributed by atoms with Gasteiger partial charge in [-0.1, -0.05) is 30.3 Å². The molecule has 0 aliphatic heterocycles. The molecule has 0 amide bonds. The lowest BCUT2D eigenvalue weighted by atomic mass is 10.2. The zero-order valence-corrected chi connectivity index (χ0v) is 7.83. The summed E-state index contributed by atoms with van der Waals surface area (Å²) in [5.41, 5.74) is 6.74. The molecule has 0 unspecified atom stereocenters. The third-order valence-corrected chi connectivity index (χ3v) is 1.71. The average Bonchev–Trinajstić information content (AvgIpc) is 2.19. The van der Waals surface area contributed by atoms with Crippen LogP contribution in [0.4, 0.5) is 0 Å². The van der Waals surface area contributed by atoms with Gasteiger partial charge in [-0.25, -0.2) is 0 Å². The van der Waals surface area contributed by atoms with Crippen LogP contribution in [0.1, 0.15) is 5.56 Å². The smallest absolute Gasteiger partial charge is 0.125 e. The van der Waals surface area contributed by atoms with E-state index in [4.69, 9.17) is 5.73 Å². The molecule has 1 aromatic carbocycles. The van der Waals surface area contributed by atoms with Crippen molar-refractivity contribution in [1.82, 2.24) is 5.32 Å². The van der Waals surface area contributed by atoms with Crippen LogP contribution >= 0.6 is 0 Å². The molecule has 0 heterocycles. The topological polar surface area (TPSA) is 50.4 Å². The number of rotatable bonds is 4. The van der Waals surface area contributed by atoms with Crippen molar-refractivity contribution in [2.75, 3.05) is 20.1 Å². The largest absolute Gasteiger partial charge is 0.384 e. The van der Waals surface area contributed by atoms with E-state index in [1.807, 2.05) is 37.4 Å². The van der Waals surface area contributed by atoms with Crippen molar-refractivity contribution in [2.45, 2.75) is 0 Å². The minimum absolute atomic E-state index is 0.607. The molecule has 1 aromatic rings. The molecule has 0 spiro atoms. The Balaban J connectivity index is 2.57. The summed E-state index contributed by atoms with van der Waals surface area (Å²) < 4.78 is 0. The monoisotopic (exact) mass is 177 g/mol. The number of benzene rings is 1. The highest BCUT2D eigenvalue weighted by Crippen LogP contribution is 1.96. The molecule has 13 heavy (non-hydrogen) atoms. The van der Waals surface area contributed by atoms with Crippen molar-refractivity contribution in [1.29, 1.82) is 0 Å². The number of hydrogen-bond donors (Lipinski definition) is 2. The summed E-state index contributed by atoms with van der Waals surface area (Å²) in [6.45, 7) is 1.57. The molecule has 0 saturated heterocycles. The number of nitrogens with two attached hydrogens (primary N) is 1. The second-order valence-electron chi connectivity index (χ2n) is 2.74. The first-order valence-corrected chi connectivity index (χ1v) is 4.34. The third kappa shape index (κ3) is 3.25. The van der Waals surface area contributed by atoms with E-state index in [0.717, 1.165) is 18.7 Å². The quantitative estimate of drug-likeness (QED) is 0.402. The van der Waals surface area contributed by atoms with Crippen LogP contribution in [0, 0.1) is 0 Å². The van der Waals surface area contributed by atoms with E-state index in [1.54, 1.807) is 0 Å². The van der Waals surface area contributed by atoms with Crippen LogP contribution in [0.25, 0.3) is 0 Å². The Hall–Kier alpha value is -1.35. The van der Waals surface area contributed by atoms with Crippen LogP contribution in [0.5, 0.6) is 0 Å². The Kier molecular flexibility index (Phi) is 3.99. The van der Waals surface area contributed by atoms with Gasteiger partial charge >= 0.3 is 0 Å². The maximum absolute atomic E-state index is 5.76. The van der Waals surface area contributed by atoms with Crippen molar-refractivity contribution < 1.29 is 0 Å². The van der Waals surface area contributed by atoms with Gasteiger partial charge in [-0.05, 0) is 7.05 Å². The molecule has 3 N–H and O–H groups in total. The van der Waals surface area contributed by atoms with E-state index in [1.165, 1.54) is 0 Å². The number of aliphatic imine (C=N–C) groups is 1. The number of likely N-dealkylation sites (N-methyl/N-ethyl adjacent to an activating group) is 1. The average molecular weight is 177 g/mol. The van der Waals surface area contributed by atoms with E-state index >= 15 is 0 Å². The molecular formula is C10H15N3. The predicted molar refractivity (Wildman–Crippen MR) is 56.0 cm³/mol. The van der Waals surface area contributed by atoms with Gasteiger partial charge in [0.25, 0.3) is 0 Å². The molecular weight excluding hydrogens is 162 g/mol. The van der Waals surface area contributed by atoms with Gasteiger partial charge in [0.2, 0.25) is 0 Å². The van der Waals surface area contributed by atoms with Gasteiger partial charge in [0.1, 0.15) is 5.84 Å². The van der Waals surface area contributed by atoms with Crippen LogP contribution in [-0.4, -0.2) is 26.0 Å². The first kappa shape index (κ1) is 9.74. The van der Waals surface area contributed by atoms with Crippen molar-refractivity contribution in [3.8, 4) is 0 Å². The molecule has 0 bridgehead atoms. The number of nitrogens with one attached hydrogen (secondary N) is 1. The molecule has 0 aliphatic rings. The summed E-state index contributed by atoms with van der Waals surface area (Å²) in [6, 6.07) is 9.78. The minimum atomic E-state index is 0.607. The second-order valence-corrected chi connectivity index (χ2v) is 2.74. The molecule has 1 rings (SSSR count). The maximum atomic E-state index is 5.76. The normalized spacial score (nSPS) is 11.6. The van der Waals surface area contributed by atoms with E-state index in [-0.39, 0.29) is 0 Å². The third-order valence-electron chi connectivity index (χ3n) is 1.71. The van der Waals surface area contributed by atoms with Gasteiger partial charge in [0.05, 0.1) is 6.54 Å². The number of nitrogens with zero attached hydrogens (tertiary/aromatic N) is 1. The highest BCUT2D eigenvalue weighted by Gasteiger charge is 1.94. The molecule has 0 saturated carbocycles. The fourth-order valence-corrected chi connectivity index (χ4v) is 0.988. The SMILES string of the molecule is CNCCN=C(N)c1ccccc1. The Morgan fingerprint density at radius 2 is 2.08 bits per heavy atom. The fraction of sp³-hybridized carbons (Fsp3) is 0.300. The molecule has 3 heteroatoms. The molecule has 70 valence electrons. The Bertz CT molecular complexity index is 267. The van der Waals surface area contributed by atoms with E-state index < -0.39 is 0 Å². The Morgan fingerprint density at radius 3 is 2.69 bits per heavy atom. The summed E-state index contributed by atoms with van der Waals surface area (Å²) in [6.07, 6.45) is 0. The zero-order chi connectivity index (χ0) is 9.52. The first-order valence-electron chi connectivity index (χ1n) is 4.34. The van der Waals surface area contributed by atoms with Gasteiger partial charge in [0.15, 0.2) is 0 Å². The molecule has 0 aliphatic carbocycles. The lowest BCUT2D eigenvalue weighted by molar-refractivity contribution is 0.802. The van der Waals surface area contributed by atoms with Crippen molar-refractivity contribution in [2.24, 2.45) is 10.7 Å². The number of hydrogen-bond acceptors (Lipinski definition) is 2. The summed E-state index contributed by atoms with van der Waals surface area (Å²) in [7, 11) is 1.90. The van der Waals surface area contributed by atoms with Crippen LogP contribution in [0.3, 0.4) is 0 Å². The highest BCUT2D eigenvalue weighted by molar-refractivity contribution is 5.97. The predicted octanol–water partition coefficient (Wildman–Crippen LogP) is 0.611. The summed E-state index contributed by atoms with van der Waals surface area (Å²) in [4.78, 5) is 4.22. The Morgan fingerprint density at radius 1 is 1.38 bits per heavy atom. The van der Waals surface area contributed by atoms with Gasteiger partial charge in [-0.3, -0.25) is 4.99 Å². The van der Waals surface area contributed by atoms with Gasteiger partial charge < -0.3 is 11.1 Å². The first-order chi connectivity index (χ1) is 6.34. The number of amidine groups is 1. The molecule has 0 radical (unpaired) electrons. The fourth-order valence-electron chi connectivity index (χ4n) is 0.988. The lowest BCUT2D eigenvalue weighted by Crippen LogP contribution is -2.17. The second kappa shape index (κ2) is 5.32. The summed E-state index contributed by atoms with van der Waals surface area (Å²) in [5.74, 6) is 0.607. The van der Waals surface area contributed by atoms with Crippen molar-refractivity contribution >= 4 is 5.84 Å². The lowest BCUT2D eigenvalue weighted by Gasteiger charge is -2.00. The summed E-state index contributed by atoms with van der Waals surface area (Å²) in [5, 5.41) is 3.01. The van der Waals surface area contributed by atoms with E-state index in [2.05, 4.69) is 10.3 Å². The highest BCUT2D eigenvalue weighted by atomic mass is 14.9. The van der Waals surface area contributed by atoms with Crippen LogP contribution in [0.15, 0.2) is 35.3 Å². The van der Waals surface area contributed by atoms with Gasteiger partial charge in [-0.2, -0.15) is 0 Å². The van der Waals surface area contributed by atoms with E-state index in [0.29, 0.717) is 5.84 Å². The molecule has 0 fully saturated rings. The molecule has 0 atom stereocenters. The van der Waals surface area contributed by atoms with Crippen molar-refractivity contribution in [3.63, 3.8) is 0 Å². The van der Waals surface area contributed by atoms with Gasteiger partial charge in [0, 0.05) is 12.1 Å². The zero-order valence-electron chi connectivity index (χ0n) is 7.83. The minimum Gasteiger partial charge on any atom is -0.384 e. The van der Waals surface area contributed by atoms with Crippen molar-refractivity contribution in [3.05, 3.63) is 35.9 Å². The van der Waals surface area contributed by atoms with E-state index in [9.17, 15) is 0 Å². The maximum Gasteiger partial charge on any atom is 0.125 e. The van der Waals surface area contributed by atoms with Crippen LogP contribution < -0.4 is 11.1 Å². The molecule has 3 nitrogen and oxygen atoms in total. The van der Waals surface area contributed by atoms with Crippen LogP contribution in [-0.2, 0) is 0 Å². The standard InChI is InChI=1S/C10H15N3/c1-12-7-8-13-10(11)9-5-3-2-4-6-9/h2-6,12H,7-8H2,1H3,(H2,11,13). The van der Waals surface area contributed by atoms with Crippen LogP contribution in [0.2, 0.25) is 0 Å².